The molecule has 206 valence electrons. The summed E-state index contributed by atoms with van der Waals surface area (Å²) in [5.74, 6) is 5.73. The summed E-state index contributed by atoms with van der Waals surface area (Å²) in [6.45, 7) is 6.90. The Hall–Kier alpha value is -4.87. The van der Waals surface area contributed by atoms with Crippen molar-refractivity contribution in [1.82, 2.24) is 9.80 Å². The maximum atomic E-state index is 9.55. The Kier molecular flexibility index (Phi) is 11.5. The molecule has 4 rings (SSSR count). The van der Waals surface area contributed by atoms with E-state index in [1.54, 1.807) is 7.11 Å². The van der Waals surface area contributed by atoms with Gasteiger partial charge in [-0.3, -0.25) is 4.90 Å². The van der Waals surface area contributed by atoms with E-state index in [4.69, 9.17) is 19.9 Å². The molecule has 1 heterocycles. The van der Waals surface area contributed by atoms with Crippen LogP contribution in [0.2, 0.25) is 0 Å². The van der Waals surface area contributed by atoms with E-state index in [-0.39, 0.29) is 0 Å². The van der Waals surface area contributed by atoms with Crippen LogP contribution >= 0.6 is 0 Å². The Morgan fingerprint density at radius 2 is 1.48 bits per heavy atom. The number of carbonyl (C=O) groups is 2. The number of aliphatic imine (C=N–C) groups is 1. The van der Waals surface area contributed by atoms with Gasteiger partial charge in [0.2, 0.25) is 0 Å². The summed E-state index contributed by atoms with van der Waals surface area (Å²) in [6.07, 6.45) is 1.12. The minimum absolute atomic E-state index is 0.558. The van der Waals surface area contributed by atoms with E-state index >= 15 is 0 Å². The van der Waals surface area contributed by atoms with E-state index in [9.17, 15) is 9.59 Å². The fraction of sp³-hybridized carbons (Fsp3) is 0.219. The second-order valence-corrected chi connectivity index (χ2v) is 9.01. The summed E-state index contributed by atoms with van der Waals surface area (Å²) in [5, 5.41) is 15.6. The molecule has 3 aromatic carbocycles. The minimum atomic E-state index is -1.26. The number of carboxylic acid groups (broad SMARTS) is 2. The third-order valence-corrected chi connectivity index (χ3v) is 5.97. The van der Waals surface area contributed by atoms with Gasteiger partial charge in [-0.05, 0) is 54.8 Å². The van der Waals surface area contributed by atoms with E-state index in [2.05, 4.69) is 52.8 Å². The summed E-state index contributed by atoms with van der Waals surface area (Å²) >= 11 is 0. The van der Waals surface area contributed by atoms with Crippen molar-refractivity contribution < 1.29 is 24.5 Å². The molecule has 0 aliphatic carbocycles. The zero-order chi connectivity index (χ0) is 28.7. The molecule has 1 aliphatic heterocycles. The lowest BCUT2D eigenvalue weighted by Crippen LogP contribution is -2.48. The molecule has 3 aromatic rings. The van der Waals surface area contributed by atoms with Gasteiger partial charge >= 0.3 is 11.9 Å². The maximum absolute atomic E-state index is 9.55. The number of benzene rings is 3. The molecule has 8 nitrogen and oxygen atoms in total. The zero-order valence-corrected chi connectivity index (χ0v) is 22.7. The Bertz CT molecular complexity index is 1350. The SMILES string of the molecule is COc1ccc(N=C(C#Cc2ccccc2)N2CCN(Cc3ccc(C)cc3)CC2)cc1.O=C(O)/C=C\C(=O)O. The van der Waals surface area contributed by atoms with Crippen molar-refractivity contribution >= 4 is 23.5 Å². The molecule has 1 saturated heterocycles. The standard InChI is InChI=1S/C28H29N3O.C4H4O4/c1-23-8-10-25(11-9-23)22-30-18-20-31(21-19-30)28(17-12-24-6-4-3-5-7-24)29-26-13-15-27(32-2)16-14-26;5-3(6)1-2-4(7)8/h3-11,13-16H,18-22H2,1-2H3;1-2H,(H,5,6)(H,7,8)/b;2-1-. The second-order valence-electron chi connectivity index (χ2n) is 9.01. The average molecular weight is 540 g/mol. The first-order valence-electron chi connectivity index (χ1n) is 12.8. The summed E-state index contributed by atoms with van der Waals surface area (Å²) in [5.41, 5.74) is 4.54. The van der Waals surface area contributed by atoms with Crippen LogP contribution < -0.4 is 4.74 Å². The lowest BCUT2D eigenvalue weighted by molar-refractivity contribution is -0.134. The number of aryl methyl sites for hydroxylation is 1. The minimum Gasteiger partial charge on any atom is -0.497 e. The summed E-state index contributed by atoms with van der Waals surface area (Å²) in [6, 6.07) is 26.7. The van der Waals surface area contributed by atoms with Gasteiger partial charge in [0.15, 0.2) is 5.84 Å². The van der Waals surface area contributed by atoms with Gasteiger partial charge in [-0.15, -0.1) is 0 Å². The maximum Gasteiger partial charge on any atom is 0.328 e. The van der Waals surface area contributed by atoms with Crippen LogP contribution in [0.1, 0.15) is 16.7 Å². The van der Waals surface area contributed by atoms with Gasteiger partial charge in [-0.2, -0.15) is 0 Å². The molecule has 1 aliphatic rings. The highest BCUT2D eigenvalue weighted by molar-refractivity contribution is 6.00. The van der Waals surface area contributed by atoms with Crippen LogP contribution in [0.5, 0.6) is 5.75 Å². The predicted octanol–water partition coefficient (Wildman–Crippen LogP) is 4.61. The summed E-state index contributed by atoms with van der Waals surface area (Å²) in [4.78, 5) is 28.8. The van der Waals surface area contributed by atoms with Crippen molar-refractivity contribution in [2.75, 3.05) is 33.3 Å². The quantitative estimate of drug-likeness (QED) is 0.204. The first-order valence-corrected chi connectivity index (χ1v) is 12.8. The summed E-state index contributed by atoms with van der Waals surface area (Å²) < 4.78 is 5.27. The molecule has 0 spiro atoms. The van der Waals surface area contributed by atoms with Crippen LogP contribution in [0.25, 0.3) is 0 Å². The molecule has 2 N–H and O–H groups in total. The van der Waals surface area contributed by atoms with Gasteiger partial charge in [0, 0.05) is 50.4 Å². The van der Waals surface area contributed by atoms with E-state index in [1.165, 1.54) is 11.1 Å². The average Bonchev–Trinajstić information content (AvgIpc) is 2.97. The van der Waals surface area contributed by atoms with Gasteiger partial charge in [0.25, 0.3) is 0 Å². The van der Waals surface area contributed by atoms with Crippen LogP contribution in [0.4, 0.5) is 5.69 Å². The number of ether oxygens (including phenoxy) is 1. The van der Waals surface area contributed by atoms with Crippen molar-refractivity contribution in [3.8, 4) is 17.6 Å². The van der Waals surface area contributed by atoms with Gasteiger partial charge in [0.1, 0.15) is 5.75 Å². The zero-order valence-electron chi connectivity index (χ0n) is 22.7. The van der Waals surface area contributed by atoms with E-state index in [1.807, 2.05) is 54.6 Å². The van der Waals surface area contributed by atoms with Crippen molar-refractivity contribution in [3.63, 3.8) is 0 Å². The number of piperazine rings is 1. The molecule has 0 saturated carbocycles. The Balaban J connectivity index is 0.000000482. The lowest BCUT2D eigenvalue weighted by atomic mass is 10.1. The molecule has 0 aromatic heterocycles. The van der Waals surface area contributed by atoms with Crippen molar-refractivity contribution in [3.05, 3.63) is 108 Å². The molecule has 0 amide bonds. The Labute approximate surface area is 234 Å². The monoisotopic (exact) mass is 539 g/mol. The number of rotatable bonds is 6. The number of hydrogen-bond acceptors (Lipinski definition) is 5. The molecule has 1 fully saturated rings. The molecular weight excluding hydrogens is 506 g/mol. The second kappa shape index (κ2) is 15.5. The first kappa shape index (κ1) is 29.7. The molecule has 0 radical (unpaired) electrons. The van der Waals surface area contributed by atoms with Gasteiger partial charge in [-0.1, -0.05) is 53.9 Å². The predicted molar refractivity (Wildman–Crippen MR) is 156 cm³/mol. The van der Waals surface area contributed by atoms with Crippen LogP contribution in [-0.4, -0.2) is 71.1 Å². The normalized spacial score (nSPS) is 13.6. The highest BCUT2D eigenvalue weighted by Crippen LogP contribution is 2.19. The molecule has 0 unspecified atom stereocenters. The highest BCUT2D eigenvalue weighted by atomic mass is 16.5. The number of amidine groups is 1. The van der Waals surface area contributed by atoms with Crippen LogP contribution in [0.3, 0.4) is 0 Å². The third-order valence-electron chi connectivity index (χ3n) is 5.97. The highest BCUT2D eigenvalue weighted by Gasteiger charge is 2.19. The first-order chi connectivity index (χ1) is 19.3. The van der Waals surface area contributed by atoms with Crippen LogP contribution in [0, 0.1) is 18.8 Å². The Morgan fingerprint density at radius 3 is 2.02 bits per heavy atom. The summed E-state index contributed by atoms with van der Waals surface area (Å²) in [7, 11) is 1.67. The van der Waals surface area contributed by atoms with Crippen molar-refractivity contribution in [1.29, 1.82) is 0 Å². The van der Waals surface area contributed by atoms with Crippen LogP contribution in [0.15, 0.2) is 96.0 Å². The van der Waals surface area contributed by atoms with Crippen molar-refractivity contribution in [2.45, 2.75) is 13.5 Å². The smallest absolute Gasteiger partial charge is 0.328 e. The molecule has 40 heavy (non-hydrogen) atoms. The number of hydrogen-bond donors (Lipinski definition) is 2. The topological polar surface area (TPSA) is 103 Å². The van der Waals surface area contributed by atoms with Gasteiger partial charge in [-0.25, -0.2) is 14.6 Å². The number of nitrogens with zero attached hydrogens (tertiary/aromatic N) is 3. The van der Waals surface area contributed by atoms with E-state index in [0.717, 1.165) is 55.6 Å². The van der Waals surface area contributed by atoms with Crippen molar-refractivity contribution in [2.24, 2.45) is 4.99 Å². The lowest BCUT2D eigenvalue weighted by Gasteiger charge is -2.35. The molecular formula is C32H33N3O5. The van der Waals surface area contributed by atoms with E-state index in [0.29, 0.717) is 12.2 Å². The fourth-order valence-corrected chi connectivity index (χ4v) is 3.82. The van der Waals surface area contributed by atoms with E-state index < -0.39 is 11.9 Å². The fourth-order valence-electron chi connectivity index (χ4n) is 3.82. The van der Waals surface area contributed by atoms with Gasteiger partial charge < -0.3 is 19.8 Å². The molecule has 8 heteroatoms. The van der Waals surface area contributed by atoms with Crippen LogP contribution in [-0.2, 0) is 16.1 Å². The number of aliphatic carboxylic acids is 2. The number of methoxy groups -OCH3 is 1. The molecule has 0 bridgehead atoms. The third kappa shape index (κ3) is 10.5. The molecule has 0 atom stereocenters. The number of carboxylic acids is 2. The Morgan fingerprint density at radius 1 is 0.875 bits per heavy atom. The largest absolute Gasteiger partial charge is 0.497 e. The van der Waals surface area contributed by atoms with Gasteiger partial charge in [0.05, 0.1) is 12.8 Å².